The molecular formula is C16H19N3O. The van der Waals surface area contributed by atoms with Gasteiger partial charge in [-0.25, -0.2) is 0 Å². The smallest absolute Gasteiger partial charge is 0.228 e. The molecule has 4 heteroatoms. The molecule has 1 aliphatic heterocycles. The van der Waals surface area contributed by atoms with E-state index in [0.29, 0.717) is 6.42 Å². The lowest BCUT2D eigenvalue weighted by molar-refractivity contribution is -0.131. The van der Waals surface area contributed by atoms with Gasteiger partial charge in [0.25, 0.3) is 0 Å². The Balaban J connectivity index is 1.72. The predicted octanol–water partition coefficient (Wildman–Crippen LogP) is 1.86. The zero-order valence-electron chi connectivity index (χ0n) is 12.0. The van der Waals surface area contributed by atoms with Crippen molar-refractivity contribution in [2.24, 2.45) is 7.05 Å². The maximum atomic E-state index is 12.4. The van der Waals surface area contributed by atoms with Gasteiger partial charge in [-0.3, -0.25) is 9.48 Å². The molecule has 3 rings (SSSR count). The highest BCUT2D eigenvalue weighted by Crippen LogP contribution is 2.19. The lowest BCUT2D eigenvalue weighted by Crippen LogP contribution is -2.37. The second kappa shape index (κ2) is 5.12. The third-order valence-electron chi connectivity index (χ3n) is 3.91. The lowest BCUT2D eigenvalue weighted by atomic mass is 9.99. The Morgan fingerprint density at radius 1 is 1.30 bits per heavy atom. The number of amides is 1. The first-order valence-electron chi connectivity index (χ1n) is 6.97. The van der Waals surface area contributed by atoms with Crippen molar-refractivity contribution < 1.29 is 4.79 Å². The Hall–Kier alpha value is -2.10. The molecule has 0 N–H and O–H groups in total. The summed E-state index contributed by atoms with van der Waals surface area (Å²) in [4.78, 5) is 14.4. The van der Waals surface area contributed by atoms with Gasteiger partial charge in [0.05, 0.1) is 12.1 Å². The Labute approximate surface area is 119 Å². The number of hydrogen-bond acceptors (Lipinski definition) is 2. The number of nitrogens with zero attached hydrogens (tertiary/aromatic N) is 3. The minimum Gasteiger partial charge on any atom is -0.338 e. The van der Waals surface area contributed by atoms with E-state index in [1.165, 1.54) is 11.1 Å². The van der Waals surface area contributed by atoms with Crippen LogP contribution in [0.2, 0.25) is 0 Å². The van der Waals surface area contributed by atoms with Crippen molar-refractivity contribution in [1.82, 2.24) is 14.7 Å². The van der Waals surface area contributed by atoms with E-state index in [9.17, 15) is 4.79 Å². The van der Waals surface area contributed by atoms with Crippen molar-refractivity contribution in [3.63, 3.8) is 0 Å². The summed E-state index contributed by atoms with van der Waals surface area (Å²) in [7, 11) is 1.89. The maximum Gasteiger partial charge on any atom is 0.228 e. The standard InChI is InChI=1S/C16H19N3O/c1-12-9-15(18(2)17-12)10-16(20)19-8-7-13-5-3-4-6-14(13)11-19/h3-6,9H,7-8,10-11H2,1-2H3. The molecule has 0 spiro atoms. The molecule has 2 heterocycles. The minimum atomic E-state index is 0.183. The molecule has 104 valence electrons. The molecule has 0 bridgehead atoms. The second-order valence-corrected chi connectivity index (χ2v) is 5.41. The molecule has 1 aromatic heterocycles. The molecule has 0 saturated heterocycles. The van der Waals surface area contributed by atoms with Gasteiger partial charge in [-0.1, -0.05) is 24.3 Å². The number of aromatic nitrogens is 2. The first kappa shape index (κ1) is 12.9. The molecule has 0 saturated carbocycles. The highest BCUT2D eigenvalue weighted by atomic mass is 16.2. The molecule has 1 amide bonds. The molecule has 1 aliphatic rings. The highest BCUT2D eigenvalue weighted by Gasteiger charge is 2.21. The van der Waals surface area contributed by atoms with Crippen LogP contribution in [-0.4, -0.2) is 27.1 Å². The number of carbonyl (C=O) groups excluding carboxylic acids is 1. The van der Waals surface area contributed by atoms with E-state index in [0.717, 1.165) is 30.9 Å². The third-order valence-corrected chi connectivity index (χ3v) is 3.91. The number of carbonyl (C=O) groups is 1. The summed E-state index contributed by atoms with van der Waals surface area (Å²) in [6.45, 7) is 3.49. The Bertz CT molecular complexity index is 645. The van der Waals surface area contributed by atoms with Crippen molar-refractivity contribution in [3.05, 3.63) is 52.8 Å². The Morgan fingerprint density at radius 3 is 2.75 bits per heavy atom. The molecule has 20 heavy (non-hydrogen) atoms. The summed E-state index contributed by atoms with van der Waals surface area (Å²) < 4.78 is 1.80. The number of hydrogen-bond donors (Lipinski definition) is 0. The van der Waals surface area contributed by atoms with Gasteiger partial charge in [-0.2, -0.15) is 5.10 Å². The number of fused-ring (bicyclic) bond motifs is 1. The van der Waals surface area contributed by atoms with Gasteiger partial charge in [0.1, 0.15) is 0 Å². The predicted molar refractivity (Wildman–Crippen MR) is 77.2 cm³/mol. The van der Waals surface area contributed by atoms with Crippen molar-refractivity contribution >= 4 is 5.91 Å². The lowest BCUT2D eigenvalue weighted by Gasteiger charge is -2.28. The fourth-order valence-corrected chi connectivity index (χ4v) is 2.81. The monoisotopic (exact) mass is 269 g/mol. The molecule has 1 aromatic carbocycles. The van der Waals surface area contributed by atoms with Crippen molar-refractivity contribution in [1.29, 1.82) is 0 Å². The van der Waals surface area contributed by atoms with Gasteiger partial charge in [-0.05, 0) is 30.5 Å². The molecular weight excluding hydrogens is 250 g/mol. The van der Waals surface area contributed by atoms with Gasteiger partial charge in [-0.15, -0.1) is 0 Å². The SMILES string of the molecule is Cc1cc(CC(=O)N2CCc3ccccc3C2)n(C)n1. The summed E-state index contributed by atoms with van der Waals surface area (Å²) in [5, 5.41) is 4.29. The molecule has 2 aromatic rings. The summed E-state index contributed by atoms with van der Waals surface area (Å²) in [6.07, 6.45) is 1.38. The summed E-state index contributed by atoms with van der Waals surface area (Å²) in [6, 6.07) is 10.4. The summed E-state index contributed by atoms with van der Waals surface area (Å²) in [5.41, 5.74) is 4.58. The van der Waals surface area contributed by atoms with Crippen molar-refractivity contribution in [2.45, 2.75) is 26.3 Å². The first-order chi connectivity index (χ1) is 9.63. The molecule has 4 nitrogen and oxygen atoms in total. The first-order valence-corrected chi connectivity index (χ1v) is 6.97. The topological polar surface area (TPSA) is 38.1 Å². The van der Waals surface area contributed by atoms with Gasteiger partial charge in [0.15, 0.2) is 0 Å². The van der Waals surface area contributed by atoms with Crippen LogP contribution in [0.15, 0.2) is 30.3 Å². The summed E-state index contributed by atoms with van der Waals surface area (Å²) in [5.74, 6) is 0.183. The molecule has 0 unspecified atom stereocenters. The van der Waals surface area contributed by atoms with Crippen molar-refractivity contribution in [2.75, 3.05) is 6.54 Å². The largest absolute Gasteiger partial charge is 0.338 e. The van der Waals surface area contributed by atoms with Crippen molar-refractivity contribution in [3.8, 4) is 0 Å². The second-order valence-electron chi connectivity index (χ2n) is 5.41. The number of aryl methyl sites for hydroxylation is 2. The molecule has 0 radical (unpaired) electrons. The fourth-order valence-electron chi connectivity index (χ4n) is 2.81. The quantitative estimate of drug-likeness (QED) is 0.834. The van der Waals surface area contributed by atoms with E-state index >= 15 is 0 Å². The van der Waals surface area contributed by atoms with E-state index in [1.54, 1.807) is 4.68 Å². The third kappa shape index (κ3) is 2.46. The van der Waals surface area contributed by atoms with Crippen LogP contribution in [0.1, 0.15) is 22.5 Å². The van der Waals surface area contributed by atoms with Crippen LogP contribution in [0.3, 0.4) is 0 Å². The number of rotatable bonds is 2. The van der Waals surface area contributed by atoms with E-state index in [4.69, 9.17) is 0 Å². The fraction of sp³-hybridized carbons (Fsp3) is 0.375. The average Bonchev–Trinajstić information content (AvgIpc) is 2.76. The van der Waals surface area contributed by atoms with Crippen LogP contribution in [0, 0.1) is 6.92 Å². The van der Waals surface area contributed by atoms with E-state index in [-0.39, 0.29) is 5.91 Å². The van der Waals surface area contributed by atoms with Crippen LogP contribution in [0.5, 0.6) is 0 Å². The van der Waals surface area contributed by atoms with Gasteiger partial charge >= 0.3 is 0 Å². The summed E-state index contributed by atoms with van der Waals surface area (Å²) >= 11 is 0. The van der Waals surface area contributed by atoms with Crippen LogP contribution in [0.25, 0.3) is 0 Å². The molecule has 0 atom stereocenters. The Morgan fingerprint density at radius 2 is 2.05 bits per heavy atom. The minimum absolute atomic E-state index is 0.183. The van der Waals surface area contributed by atoms with Gasteiger partial charge in [0, 0.05) is 25.8 Å². The van der Waals surface area contributed by atoms with Gasteiger partial charge in [0.2, 0.25) is 5.91 Å². The molecule has 0 aliphatic carbocycles. The van der Waals surface area contributed by atoms with Crippen LogP contribution in [0.4, 0.5) is 0 Å². The average molecular weight is 269 g/mol. The van der Waals surface area contributed by atoms with E-state index in [1.807, 2.05) is 31.0 Å². The van der Waals surface area contributed by atoms with E-state index < -0.39 is 0 Å². The zero-order chi connectivity index (χ0) is 14.1. The maximum absolute atomic E-state index is 12.4. The highest BCUT2D eigenvalue weighted by molar-refractivity contribution is 5.78. The molecule has 0 fully saturated rings. The van der Waals surface area contributed by atoms with Crippen LogP contribution >= 0.6 is 0 Å². The number of benzene rings is 1. The zero-order valence-corrected chi connectivity index (χ0v) is 12.0. The Kier molecular flexibility index (Phi) is 3.30. The normalized spacial score (nSPS) is 14.2. The van der Waals surface area contributed by atoms with E-state index in [2.05, 4.69) is 23.3 Å². The van der Waals surface area contributed by atoms with Crippen LogP contribution < -0.4 is 0 Å². The van der Waals surface area contributed by atoms with Crippen LogP contribution in [-0.2, 0) is 31.2 Å². The van der Waals surface area contributed by atoms with Gasteiger partial charge < -0.3 is 4.90 Å².